The summed E-state index contributed by atoms with van der Waals surface area (Å²) in [5.74, 6) is -0.286. The van der Waals surface area contributed by atoms with E-state index in [9.17, 15) is 40.5 Å². The van der Waals surface area contributed by atoms with Gasteiger partial charge in [0, 0.05) is 23.8 Å². The molecule has 9 atom stereocenters. The average Bonchev–Trinajstić information content (AvgIpc) is 2.89. The van der Waals surface area contributed by atoms with Gasteiger partial charge in [-0.15, -0.1) is 0 Å². The van der Waals surface area contributed by atoms with Gasteiger partial charge in [-0.3, -0.25) is 4.79 Å². The third kappa shape index (κ3) is 5.31. The summed E-state index contributed by atoms with van der Waals surface area (Å²) in [5.41, 5.74) is -0.0447. The van der Waals surface area contributed by atoms with Crippen molar-refractivity contribution in [3.05, 3.63) is 52.7 Å². The Hall–Kier alpha value is -3.27. The number of aliphatic hydroxyl groups is 5. The van der Waals surface area contributed by atoms with Crippen molar-refractivity contribution in [2.45, 2.75) is 62.2 Å². The van der Waals surface area contributed by atoms with Crippen LogP contribution in [0.5, 0.6) is 17.2 Å². The maximum Gasteiger partial charge on any atom is 0.229 e. The number of phenols is 2. The maximum atomic E-state index is 12.7. The van der Waals surface area contributed by atoms with E-state index in [0.717, 1.165) is 6.07 Å². The summed E-state index contributed by atoms with van der Waals surface area (Å²) in [7, 11) is 0. The molecular formula is C26H28O13. The summed E-state index contributed by atoms with van der Waals surface area (Å²) in [4.78, 5) is 12.7. The number of ether oxygens (including phenoxy) is 4. The van der Waals surface area contributed by atoms with E-state index in [1.807, 2.05) is 0 Å². The molecule has 3 heterocycles. The van der Waals surface area contributed by atoms with E-state index in [1.165, 1.54) is 31.2 Å². The van der Waals surface area contributed by atoms with E-state index in [0.29, 0.717) is 5.56 Å². The van der Waals surface area contributed by atoms with Crippen LogP contribution in [0.4, 0.5) is 0 Å². The molecule has 5 rings (SSSR count). The van der Waals surface area contributed by atoms with Gasteiger partial charge in [0.2, 0.25) is 6.29 Å². The Labute approximate surface area is 220 Å². The molecule has 0 unspecified atom stereocenters. The summed E-state index contributed by atoms with van der Waals surface area (Å²) in [6, 6.07) is 9.60. The summed E-state index contributed by atoms with van der Waals surface area (Å²) in [6.45, 7) is 1.20. The SMILES string of the molecule is C[C@@H]1O[C@H](Oc2cc(O)c3c(=O)cc(-c4ccc(O)cc4)oc3c2)[C@@H](O)[C@@H](O)[C@H]1O[C@H]1OC[C@H](O)[C@@H](O)[C@H]1O. The molecule has 13 heteroatoms. The van der Waals surface area contributed by atoms with Crippen LogP contribution in [0.25, 0.3) is 22.3 Å². The van der Waals surface area contributed by atoms with Gasteiger partial charge in [-0.1, -0.05) is 0 Å². The third-order valence-corrected chi connectivity index (χ3v) is 6.71. The standard InChI is InChI=1S/C26H28O13/c1-10-24(39-25-22(33)20(31)16(30)9-35-25)21(32)23(34)26(36-10)37-13-6-14(28)19-15(29)8-17(38-18(19)7-13)11-2-4-12(27)5-3-11/h2-8,10,16,20-28,30-34H,9H2,1H3/t10-,16-,20+,21+,22+,23-,24-,25+,26+/m0/s1. The lowest BCUT2D eigenvalue weighted by molar-refractivity contribution is -0.334. The van der Waals surface area contributed by atoms with Crippen LogP contribution < -0.4 is 10.2 Å². The second-order valence-electron chi connectivity index (χ2n) is 9.50. The van der Waals surface area contributed by atoms with Crippen LogP contribution in [0.3, 0.4) is 0 Å². The average molecular weight is 548 g/mol. The highest BCUT2D eigenvalue weighted by atomic mass is 16.7. The Balaban J connectivity index is 1.35. The van der Waals surface area contributed by atoms with Crippen LogP contribution in [0, 0.1) is 0 Å². The zero-order chi connectivity index (χ0) is 28.0. The van der Waals surface area contributed by atoms with Crippen molar-refractivity contribution >= 4 is 11.0 Å². The van der Waals surface area contributed by atoms with Crippen molar-refractivity contribution in [2.75, 3.05) is 6.61 Å². The Kier molecular flexibility index (Phi) is 7.50. The first kappa shape index (κ1) is 27.3. The van der Waals surface area contributed by atoms with Gasteiger partial charge in [0.05, 0.1) is 12.7 Å². The monoisotopic (exact) mass is 548 g/mol. The molecule has 0 aliphatic carbocycles. The number of aromatic hydroxyl groups is 2. The highest BCUT2D eigenvalue weighted by Crippen LogP contribution is 2.34. The van der Waals surface area contributed by atoms with E-state index < -0.39 is 66.5 Å². The molecule has 2 aromatic carbocycles. The number of hydrogen-bond acceptors (Lipinski definition) is 13. The predicted octanol–water partition coefficient (Wildman–Crippen LogP) is -0.459. The van der Waals surface area contributed by atoms with Crippen LogP contribution in [0.2, 0.25) is 0 Å². The summed E-state index contributed by atoms with van der Waals surface area (Å²) < 4.78 is 28.0. The maximum absolute atomic E-state index is 12.7. The fourth-order valence-corrected chi connectivity index (χ4v) is 4.56. The summed E-state index contributed by atoms with van der Waals surface area (Å²) in [6.07, 6.45) is -12.7. The Morgan fingerprint density at radius 1 is 0.872 bits per heavy atom. The first-order valence-electron chi connectivity index (χ1n) is 12.1. The molecule has 2 saturated heterocycles. The van der Waals surface area contributed by atoms with E-state index >= 15 is 0 Å². The van der Waals surface area contributed by atoms with Gasteiger partial charge in [0.25, 0.3) is 0 Å². The molecule has 13 nitrogen and oxygen atoms in total. The molecule has 7 N–H and O–H groups in total. The van der Waals surface area contributed by atoms with Crippen LogP contribution in [-0.2, 0) is 14.2 Å². The van der Waals surface area contributed by atoms with Gasteiger partial charge in [-0.2, -0.15) is 0 Å². The molecule has 2 aliphatic rings. The number of fused-ring (bicyclic) bond motifs is 1. The second-order valence-corrected chi connectivity index (χ2v) is 9.50. The lowest BCUT2D eigenvalue weighted by Gasteiger charge is -2.44. The molecule has 0 amide bonds. The fourth-order valence-electron chi connectivity index (χ4n) is 4.56. The van der Waals surface area contributed by atoms with E-state index in [-0.39, 0.29) is 34.8 Å². The fraction of sp³-hybridized carbons (Fsp3) is 0.423. The Morgan fingerprint density at radius 3 is 2.28 bits per heavy atom. The Bertz CT molecular complexity index is 1370. The third-order valence-electron chi connectivity index (χ3n) is 6.71. The van der Waals surface area contributed by atoms with E-state index in [1.54, 1.807) is 12.1 Å². The highest BCUT2D eigenvalue weighted by Gasteiger charge is 2.48. The second kappa shape index (κ2) is 10.7. The largest absolute Gasteiger partial charge is 0.508 e. The van der Waals surface area contributed by atoms with Gasteiger partial charge in [0.15, 0.2) is 11.7 Å². The zero-order valence-corrected chi connectivity index (χ0v) is 20.5. The van der Waals surface area contributed by atoms with Crippen LogP contribution in [-0.4, -0.2) is 97.7 Å². The molecule has 0 bridgehead atoms. The summed E-state index contributed by atoms with van der Waals surface area (Å²) in [5, 5.41) is 70.9. The summed E-state index contributed by atoms with van der Waals surface area (Å²) >= 11 is 0. The van der Waals surface area contributed by atoms with Gasteiger partial charge in [0.1, 0.15) is 70.6 Å². The molecule has 2 fully saturated rings. The van der Waals surface area contributed by atoms with Gasteiger partial charge in [-0.05, 0) is 31.2 Å². The molecule has 2 aliphatic heterocycles. The smallest absolute Gasteiger partial charge is 0.229 e. The number of aliphatic hydroxyl groups excluding tert-OH is 5. The van der Waals surface area contributed by atoms with Gasteiger partial charge >= 0.3 is 0 Å². The van der Waals surface area contributed by atoms with Crippen molar-refractivity contribution in [3.8, 4) is 28.6 Å². The first-order chi connectivity index (χ1) is 18.5. The minimum absolute atomic E-state index is 0.0233. The van der Waals surface area contributed by atoms with Crippen LogP contribution >= 0.6 is 0 Å². The molecule has 210 valence electrons. The normalized spacial score (nSPS) is 33.2. The van der Waals surface area contributed by atoms with Crippen LogP contribution in [0.15, 0.2) is 51.7 Å². The predicted molar refractivity (Wildman–Crippen MR) is 131 cm³/mol. The molecule has 3 aromatic rings. The van der Waals surface area contributed by atoms with Crippen LogP contribution in [0.1, 0.15) is 6.92 Å². The molecule has 0 spiro atoms. The van der Waals surface area contributed by atoms with Crippen molar-refractivity contribution in [1.82, 2.24) is 0 Å². The zero-order valence-electron chi connectivity index (χ0n) is 20.5. The number of rotatable bonds is 5. The van der Waals surface area contributed by atoms with Crippen molar-refractivity contribution in [1.29, 1.82) is 0 Å². The van der Waals surface area contributed by atoms with Gasteiger partial charge in [-0.25, -0.2) is 0 Å². The van der Waals surface area contributed by atoms with E-state index in [4.69, 9.17) is 23.4 Å². The van der Waals surface area contributed by atoms with Crippen molar-refractivity contribution in [3.63, 3.8) is 0 Å². The molecular weight excluding hydrogens is 520 g/mol. The van der Waals surface area contributed by atoms with Gasteiger partial charge < -0.3 is 59.1 Å². The molecule has 39 heavy (non-hydrogen) atoms. The first-order valence-corrected chi connectivity index (χ1v) is 12.1. The molecule has 0 radical (unpaired) electrons. The minimum Gasteiger partial charge on any atom is -0.508 e. The number of phenolic OH excluding ortho intramolecular Hbond substituents is 2. The number of benzene rings is 2. The lowest BCUT2D eigenvalue weighted by Crippen LogP contribution is -2.62. The van der Waals surface area contributed by atoms with E-state index in [2.05, 4.69) is 0 Å². The quantitative estimate of drug-likeness (QED) is 0.216. The lowest BCUT2D eigenvalue weighted by atomic mass is 9.99. The topological polar surface area (TPSA) is 209 Å². The molecule has 0 saturated carbocycles. The van der Waals surface area contributed by atoms with Crippen molar-refractivity contribution < 1.29 is 59.1 Å². The van der Waals surface area contributed by atoms with Crippen molar-refractivity contribution in [2.24, 2.45) is 0 Å². The number of hydrogen-bond donors (Lipinski definition) is 7. The minimum atomic E-state index is -1.67. The Morgan fingerprint density at radius 2 is 1.56 bits per heavy atom. The highest BCUT2D eigenvalue weighted by molar-refractivity contribution is 5.86. The molecule has 1 aromatic heterocycles.